The smallest absolute Gasteiger partial charge is 0.258 e. The first-order chi connectivity index (χ1) is 16.2. The molecule has 1 saturated heterocycles. The Morgan fingerprint density at radius 3 is 2.55 bits per heavy atom. The van der Waals surface area contributed by atoms with Crippen LogP contribution in [0.15, 0.2) is 59.4 Å². The lowest BCUT2D eigenvalue weighted by atomic mass is 9.99. The first kappa shape index (κ1) is 21.9. The van der Waals surface area contributed by atoms with Gasteiger partial charge in [-0.2, -0.15) is 0 Å². The number of nitrogens with one attached hydrogen (secondary N) is 1. The molecular weight excluding hydrogens is 410 g/mol. The lowest BCUT2D eigenvalue weighted by Crippen LogP contribution is -2.44. The average molecular weight is 444 g/mol. The molecule has 0 unspecified atom stereocenters. The minimum absolute atomic E-state index is 0.0283. The second kappa shape index (κ2) is 9.89. The van der Waals surface area contributed by atoms with Crippen molar-refractivity contribution in [3.63, 3.8) is 0 Å². The number of aryl methyl sites for hydroxylation is 1. The molecule has 2 aromatic carbocycles. The fourth-order valence-electron chi connectivity index (χ4n) is 4.91. The summed E-state index contributed by atoms with van der Waals surface area (Å²) in [6.45, 7) is 7.07. The molecule has 1 aromatic heterocycles. The van der Waals surface area contributed by atoms with Gasteiger partial charge in [0.05, 0.1) is 11.1 Å². The summed E-state index contributed by atoms with van der Waals surface area (Å²) < 4.78 is 0. The molecule has 0 bridgehead atoms. The number of likely N-dealkylation sites (N-methyl/N-ethyl adjacent to an activating group) is 1. The third-order valence-electron chi connectivity index (χ3n) is 6.93. The highest BCUT2D eigenvalue weighted by molar-refractivity contribution is 5.90. The Morgan fingerprint density at radius 2 is 1.79 bits per heavy atom. The van der Waals surface area contributed by atoms with Gasteiger partial charge in [-0.25, -0.2) is 4.98 Å². The van der Waals surface area contributed by atoms with Crippen LogP contribution < -0.4 is 10.5 Å². The number of hydrogen-bond donors (Lipinski definition) is 1. The van der Waals surface area contributed by atoms with Gasteiger partial charge >= 0.3 is 0 Å². The zero-order valence-corrected chi connectivity index (χ0v) is 19.5. The Bertz CT molecular complexity index is 1180. The summed E-state index contributed by atoms with van der Waals surface area (Å²) in [6.07, 6.45) is 5.22. The van der Waals surface area contributed by atoms with E-state index in [4.69, 9.17) is 4.98 Å². The molecule has 2 aliphatic heterocycles. The molecule has 2 aliphatic rings. The van der Waals surface area contributed by atoms with E-state index in [9.17, 15) is 4.79 Å². The van der Waals surface area contributed by atoms with Gasteiger partial charge in [-0.05, 0) is 49.7 Å². The van der Waals surface area contributed by atoms with Crippen LogP contribution in [0.4, 0.5) is 5.69 Å². The molecule has 0 saturated carbocycles. The zero-order chi connectivity index (χ0) is 22.6. The van der Waals surface area contributed by atoms with Crippen LogP contribution in [-0.2, 0) is 6.42 Å². The maximum Gasteiger partial charge on any atom is 0.258 e. The molecule has 6 nitrogen and oxygen atoms in total. The van der Waals surface area contributed by atoms with Crippen molar-refractivity contribution < 1.29 is 0 Å². The number of fused-ring (bicyclic) bond motifs is 1. The quantitative estimate of drug-likeness (QED) is 0.633. The van der Waals surface area contributed by atoms with Gasteiger partial charge in [0.25, 0.3) is 5.56 Å². The highest BCUT2D eigenvalue weighted by atomic mass is 16.1. The molecule has 3 heterocycles. The number of H-pyrrole nitrogens is 1. The number of anilines is 1. The number of piperazine rings is 1. The minimum Gasteiger partial charge on any atom is -0.367 e. The molecule has 0 aliphatic carbocycles. The summed E-state index contributed by atoms with van der Waals surface area (Å²) in [4.78, 5) is 27.9. The van der Waals surface area contributed by atoms with Crippen molar-refractivity contribution >= 4 is 22.2 Å². The van der Waals surface area contributed by atoms with Gasteiger partial charge in [0.2, 0.25) is 0 Å². The van der Waals surface area contributed by atoms with Gasteiger partial charge < -0.3 is 14.8 Å². The lowest BCUT2D eigenvalue weighted by molar-refractivity contribution is 0.297. The molecule has 1 N–H and O–H groups in total. The summed E-state index contributed by atoms with van der Waals surface area (Å²) >= 11 is 0. The van der Waals surface area contributed by atoms with Gasteiger partial charge in [-0.1, -0.05) is 42.5 Å². The summed E-state index contributed by atoms with van der Waals surface area (Å²) in [5, 5.41) is 0.685. The lowest BCUT2D eigenvalue weighted by Gasteiger charge is -2.34. The van der Waals surface area contributed by atoms with Crippen LogP contribution in [0.1, 0.15) is 24.2 Å². The molecule has 33 heavy (non-hydrogen) atoms. The van der Waals surface area contributed by atoms with Crippen LogP contribution in [0.3, 0.4) is 0 Å². The Hall–Kier alpha value is -2.96. The van der Waals surface area contributed by atoms with E-state index < -0.39 is 0 Å². The van der Waals surface area contributed by atoms with E-state index in [0.29, 0.717) is 5.39 Å². The first-order valence-corrected chi connectivity index (χ1v) is 12.1. The van der Waals surface area contributed by atoms with Gasteiger partial charge in [0, 0.05) is 45.7 Å². The van der Waals surface area contributed by atoms with Crippen molar-refractivity contribution in [2.45, 2.75) is 19.3 Å². The predicted molar refractivity (Wildman–Crippen MR) is 136 cm³/mol. The minimum atomic E-state index is -0.0283. The number of hydrogen-bond acceptors (Lipinski definition) is 5. The van der Waals surface area contributed by atoms with E-state index in [0.717, 1.165) is 82.1 Å². The summed E-state index contributed by atoms with van der Waals surface area (Å²) in [5.41, 5.74) is 4.69. The third-order valence-corrected chi connectivity index (χ3v) is 6.93. The Balaban J connectivity index is 1.24. The fourth-order valence-corrected chi connectivity index (χ4v) is 4.91. The SMILES string of the molecule is CN1CCN(c2cccc3c(=O)[nH]c(CCCN4CC=C(c5ccccc5)CC4)nc23)CC1. The van der Waals surface area contributed by atoms with Crippen LogP contribution in [0.25, 0.3) is 16.5 Å². The number of para-hydroxylation sites is 1. The van der Waals surface area contributed by atoms with Crippen LogP contribution in [0, 0.1) is 0 Å². The summed E-state index contributed by atoms with van der Waals surface area (Å²) in [6, 6.07) is 16.6. The monoisotopic (exact) mass is 443 g/mol. The number of nitrogens with zero attached hydrogens (tertiary/aromatic N) is 4. The molecule has 0 amide bonds. The highest BCUT2D eigenvalue weighted by Gasteiger charge is 2.18. The van der Waals surface area contributed by atoms with Crippen molar-refractivity contribution in [3.8, 4) is 0 Å². The highest BCUT2D eigenvalue weighted by Crippen LogP contribution is 2.25. The van der Waals surface area contributed by atoms with Crippen LogP contribution in [-0.4, -0.2) is 72.6 Å². The van der Waals surface area contributed by atoms with E-state index in [1.807, 2.05) is 12.1 Å². The maximum absolute atomic E-state index is 12.8. The molecule has 5 rings (SSSR count). The van der Waals surface area contributed by atoms with Crippen LogP contribution >= 0.6 is 0 Å². The van der Waals surface area contributed by atoms with Crippen molar-refractivity contribution in [1.82, 2.24) is 19.8 Å². The van der Waals surface area contributed by atoms with Crippen molar-refractivity contribution in [2.24, 2.45) is 0 Å². The van der Waals surface area contributed by atoms with Crippen molar-refractivity contribution in [2.75, 3.05) is 57.8 Å². The Morgan fingerprint density at radius 1 is 0.970 bits per heavy atom. The van der Waals surface area contributed by atoms with Gasteiger partial charge in [-0.3, -0.25) is 9.69 Å². The molecule has 0 atom stereocenters. The Kier molecular flexibility index (Phi) is 6.55. The number of benzene rings is 2. The zero-order valence-electron chi connectivity index (χ0n) is 19.5. The second-order valence-corrected chi connectivity index (χ2v) is 9.23. The molecule has 0 spiro atoms. The molecule has 6 heteroatoms. The summed E-state index contributed by atoms with van der Waals surface area (Å²) in [5.74, 6) is 0.798. The summed E-state index contributed by atoms with van der Waals surface area (Å²) in [7, 11) is 2.15. The second-order valence-electron chi connectivity index (χ2n) is 9.23. The van der Waals surface area contributed by atoms with E-state index in [2.05, 4.69) is 69.2 Å². The van der Waals surface area contributed by atoms with Crippen molar-refractivity contribution in [3.05, 3.63) is 76.3 Å². The molecule has 3 aromatic rings. The van der Waals surface area contributed by atoms with Crippen LogP contribution in [0.2, 0.25) is 0 Å². The fraction of sp³-hybridized carbons (Fsp3) is 0.407. The largest absolute Gasteiger partial charge is 0.367 e. The molecule has 172 valence electrons. The third kappa shape index (κ3) is 5.02. The van der Waals surface area contributed by atoms with E-state index in [-0.39, 0.29) is 5.56 Å². The molecule has 0 radical (unpaired) electrons. The normalized spacial score (nSPS) is 18.0. The number of rotatable bonds is 6. The van der Waals surface area contributed by atoms with Gasteiger partial charge in [0.15, 0.2) is 0 Å². The first-order valence-electron chi connectivity index (χ1n) is 12.1. The van der Waals surface area contributed by atoms with Gasteiger partial charge in [0.1, 0.15) is 11.3 Å². The van der Waals surface area contributed by atoms with Crippen molar-refractivity contribution in [1.29, 1.82) is 0 Å². The predicted octanol–water partition coefficient (Wildman–Crippen LogP) is 3.40. The topological polar surface area (TPSA) is 55.5 Å². The van der Waals surface area contributed by atoms with Gasteiger partial charge in [-0.15, -0.1) is 0 Å². The number of aromatic nitrogens is 2. The number of aromatic amines is 1. The molecule has 1 fully saturated rings. The van der Waals surface area contributed by atoms with Crippen LogP contribution in [0.5, 0.6) is 0 Å². The average Bonchev–Trinajstić information content (AvgIpc) is 2.85. The molecular formula is C27H33N5O. The maximum atomic E-state index is 12.8. The van der Waals surface area contributed by atoms with E-state index >= 15 is 0 Å². The standard InChI is InChI=1S/C27H33N5O/c1-30-17-19-32(20-18-30)24-10-5-9-23-26(24)28-25(29-27(23)33)11-6-14-31-15-12-22(13-16-31)21-7-3-2-4-8-21/h2-5,7-10,12H,6,11,13-20H2,1H3,(H,28,29,33). The Labute approximate surface area is 195 Å². The van der Waals surface area contributed by atoms with E-state index in [1.165, 1.54) is 11.1 Å². The van der Waals surface area contributed by atoms with E-state index in [1.54, 1.807) is 0 Å².